The van der Waals surface area contributed by atoms with Crippen LogP contribution in [0.3, 0.4) is 0 Å². The van der Waals surface area contributed by atoms with E-state index in [0.717, 1.165) is 34.4 Å². The number of aliphatic imine (C=N–C) groups is 1. The van der Waals surface area contributed by atoms with Crippen molar-refractivity contribution in [2.75, 3.05) is 0 Å². The van der Waals surface area contributed by atoms with Crippen LogP contribution < -0.4 is 0 Å². The van der Waals surface area contributed by atoms with Gasteiger partial charge in [0, 0.05) is 17.3 Å². The molecular weight excluding hydrogens is 534 g/mol. The highest BCUT2D eigenvalue weighted by atomic mass is 16.3. The third-order valence-corrected chi connectivity index (χ3v) is 11.4. The summed E-state index contributed by atoms with van der Waals surface area (Å²) in [6.07, 6.45) is 10.3. The fraction of sp³-hybridized carbons (Fsp3) is 0.405. The predicted octanol–water partition coefficient (Wildman–Crippen LogP) is 10.1. The van der Waals surface area contributed by atoms with Gasteiger partial charge in [-0.15, -0.1) is 0 Å². The van der Waals surface area contributed by atoms with E-state index in [1.165, 1.54) is 55.2 Å². The minimum atomic E-state index is -0.578. The molecule has 1 atom stereocenters. The Balaban J connectivity index is 1.42. The number of aromatic hydroxyl groups is 1. The van der Waals surface area contributed by atoms with Gasteiger partial charge in [0.15, 0.2) is 0 Å². The Kier molecular flexibility index (Phi) is 7.31. The van der Waals surface area contributed by atoms with Crippen molar-refractivity contribution >= 4 is 6.21 Å². The van der Waals surface area contributed by atoms with Crippen LogP contribution in [-0.4, -0.2) is 17.4 Å². The lowest BCUT2D eigenvalue weighted by molar-refractivity contribution is -0.0632. The summed E-state index contributed by atoms with van der Waals surface area (Å²) in [4.78, 5) is 5.32. The maximum absolute atomic E-state index is 11.9. The van der Waals surface area contributed by atoms with Crippen molar-refractivity contribution in [3.05, 3.63) is 137 Å². The Morgan fingerprint density at radius 3 is 1.52 bits per heavy atom. The number of phenolic OH excluding ortho intramolecular Hbond substituents is 1. The van der Waals surface area contributed by atoms with E-state index < -0.39 is 5.41 Å². The largest absolute Gasteiger partial charge is 0.507 e. The minimum Gasteiger partial charge on any atom is -0.507 e. The molecular formula is C42H47NO. The third-order valence-electron chi connectivity index (χ3n) is 11.4. The Labute approximate surface area is 264 Å². The summed E-state index contributed by atoms with van der Waals surface area (Å²) in [6, 6.07) is 37.3. The standard InChI is InChI=1S/C42H47NO/c1-29(41-25-30-20-31(26-41)22-32(21-30)27-41)43-28-33-23-37(24-38(39(33)44)40(2,3)4)42(34-14-8-5-9-15-34,35-16-10-6-11-17-35)36-18-12-7-13-19-36/h5-19,23-24,28-32,44H,20-22,25-27H2,1-4H3. The molecule has 0 aliphatic heterocycles. The number of nitrogens with zero attached hydrogens (tertiary/aromatic N) is 1. The molecule has 4 aliphatic rings. The molecule has 1 unspecified atom stereocenters. The van der Waals surface area contributed by atoms with Crippen molar-refractivity contribution in [3.8, 4) is 5.75 Å². The summed E-state index contributed by atoms with van der Waals surface area (Å²) in [7, 11) is 0. The fourth-order valence-electron chi connectivity index (χ4n) is 9.65. The lowest BCUT2D eigenvalue weighted by atomic mass is 9.48. The van der Waals surface area contributed by atoms with Crippen molar-refractivity contribution in [3.63, 3.8) is 0 Å². The molecule has 2 nitrogen and oxygen atoms in total. The van der Waals surface area contributed by atoms with E-state index in [1.807, 2.05) is 6.21 Å². The van der Waals surface area contributed by atoms with Crippen LogP contribution in [0.1, 0.15) is 99.6 Å². The molecule has 0 amide bonds. The number of hydrogen-bond acceptors (Lipinski definition) is 2. The van der Waals surface area contributed by atoms with E-state index in [4.69, 9.17) is 4.99 Å². The molecule has 2 heteroatoms. The molecule has 4 bridgehead atoms. The first-order chi connectivity index (χ1) is 21.2. The Bertz CT molecular complexity index is 1500. The second-order valence-electron chi connectivity index (χ2n) is 15.3. The van der Waals surface area contributed by atoms with Gasteiger partial charge >= 0.3 is 0 Å². The zero-order valence-corrected chi connectivity index (χ0v) is 26.8. The summed E-state index contributed by atoms with van der Waals surface area (Å²) >= 11 is 0. The van der Waals surface area contributed by atoms with Gasteiger partial charge in [-0.3, -0.25) is 4.99 Å². The summed E-state index contributed by atoms with van der Waals surface area (Å²) < 4.78 is 0. The van der Waals surface area contributed by atoms with Crippen molar-refractivity contribution in [2.45, 2.75) is 83.1 Å². The molecule has 226 valence electrons. The Hall–Kier alpha value is -3.65. The molecule has 0 spiro atoms. The number of phenols is 1. The van der Waals surface area contributed by atoms with E-state index in [9.17, 15) is 5.11 Å². The first kappa shape index (κ1) is 29.1. The SMILES string of the molecule is CC(N=Cc1cc(C(c2ccccc2)(c2ccccc2)c2ccccc2)cc(C(C)(C)C)c1O)C12CC3CC(CC(C3)C1)C2. The number of rotatable bonds is 7. The molecule has 4 aromatic carbocycles. The molecule has 0 heterocycles. The zero-order valence-electron chi connectivity index (χ0n) is 26.8. The summed E-state index contributed by atoms with van der Waals surface area (Å²) in [5.41, 5.74) is 6.01. The molecule has 4 saturated carbocycles. The highest BCUT2D eigenvalue weighted by molar-refractivity contribution is 5.86. The van der Waals surface area contributed by atoms with E-state index in [-0.39, 0.29) is 11.5 Å². The minimum absolute atomic E-state index is 0.249. The van der Waals surface area contributed by atoms with Crippen LogP contribution in [0.15, 0.2) is 108 Å². The first-order valence-corrected chi connectivity index (χ1v) is 16.8. The molecule has 0 radical (unpaired) electrons. The van der Waals surface area contributed by atoms with Crippen LogP contribution in [0.5, 0.6) is 5.75 Å². The average molecular weight is 582 g/mol. The van der Waals surface area contributed by atoms with E-state index in [0.29, 0.717) is 11.2 Å². The van der Waals surface area contributed by atoms with E-state index in [1.54, 1.807) is 0 Å². The van der Waals surface area contributed by atoms with E-state index >= 15 is 0 Å². The Morgan fingerprint density at radius 1 is 0.682 bits per heavy atom. The lowest BCUT2D eigenvalue weighted by Crippen LogP contribution is -2.50. The summed E-state index contributed by atoms with van der Waals surface area (Å²) in [5, 5.41) is 11.9. The molecule has 0 saturated heterocycles. The maximum Gasteiger partial charge on any atom is 0.128 e. The fourth-order valence-corrected chi connectivity index (χ4v) is 9.65. The number of hydrogen-bond donors (Lipinski definition) is 1. The summed E-state index contributed by atoms with van der Waals surface area (Å²) in [6.45, 7) is 8.93. The maximum atomic E-state index is 11.9. The quantitative estimate of drug-likeness (QED) is 0.171. The molecule has 4 aromatic rings. The number of benzene rings is 4. The topological polar surface area (TPSA) is 32.6 Å². The first-order valence-electron chi connectivity index (χ1n) is 16.8. The van der Waals surface area contributed by atoms with Crippen LogP contribution in [0.25, 0.3) is 0 Å². The Morgan fingerprint density at radius 2 is 1.11 bits per heavy atom. The highest BCUT2D eigenvalue weighted by Gasteiger charge is 2.53. The molecule has 1 N–H and O–H groups in total. The van der Waals surface area contributed by atoms with Crippen molar-refractivity contribution < 1.29 is 5.11 Å². The van der Waals surface area contributed by atoms with Crippen molar-refractivity contribution in [1.82, 2.24) is 0 Å². The van der Waals surface area contributed by atoms with Gasteiger partial charge in [-0.1, -0.05) is 112 Å². The van der Waals surface area contributed by atoms with Gasteiger partial charge in [0.25, 0.3) is 0 Å². The predicted molar refractivity (Wildman–Crippen MR) is 183 cm³/mol. The van der Waals surface area contributed by atoms with Gasteiger partial charge in [0.05, 0.1) is 11.5 Å². The molecule has 4 fully saturated rings. The summed E-state index contributed by atoms with van der Waals surface area (Å²) in [5.74, 6) is 3.04. The van der Waals surface area contributed by atoms with Gasteiger partial charge in [0.1, 0.15) is 5.75 Å². The molecule has 0 aromatic heterocycles. The molecule has 4 aliphatic carbocycles. The van der Waals surface area contributed by atoms with Crippen LogP contribution in [0.4, 0.5) is 0 Å². The normalized spacial score (nSPS) is 25.4. The van der Waals surface area contributed by atoms with Gasteiger partial charge in [-0.2, -0.15) is 0 Å². The van der Waals surface area contributed by atoms with Crippen LogP contribution in [0.2, 0.25) is 0 Å². The smallest absolute Gasteiger partial charge is 0.128 e. The average Bonchev–Trinajstić information content (AvgIpc) is 3.01. The third kappa shape index (κ3) is 4.91. The van der Waals surface area contributed by atoms with Gasteiger partial charge in [0.2, 0.25) is 0 Å². The van der Waals surface area contributed by atoms with Crippen molar-refractivity contribution in [2.24, 2.45) is 28.2 Å². The highest BCUT2D eigenvalue weighted by Crippen LogP contribution is 2.61. The van der Waals surface area contributed by atoms with Crippen molar-refractivity contribution in [1.29, 1.82) is 0 Å². The zero-order chi connectivity index (χ0) is 30.5. The van der Waals surface area contributed by atoms with Crippen LogP contribution in [-0.2, 0) is 10.8 Å². The second-order valence-corrected chi connectivity index (χ2v) is 15.3. The molecule has 8 rings (SSSR count). The van der Waals surface area contributed by atoms with Crippen LogP contribution >= 0.6 is 0 Å². The second kappa shape index (κ2) is 11.1. The van der Waals surface area contributed by atoms with Gasteiger partial charge in [-0.05, 0) is 108 Å². The monoisotopic (exact) mass is 581 g/mol. The van der Waals surface area contributed by atoms with Gasteiger partial charge in [-0.25, -0.2) is 0 Å². The van der Waals surface area contributed by atoms with Gasteiger partial charge < -0.3 is 5.11 Å². The lowest BCUT2D eigenvalue weighted by Gasteiger charge is -2.58. The molecule has 44 heavy (non-hydrogen) atoms. The van der Waals surface area contributed by atoms with Crippen LogP contribution in [0, 0.1) is 23.2 Å². The van der Waals surface area contributed by atoms with E-state index in [2.05, 4.69) is 131 Å².